The van der Waals surface area contributed by atoms with Crippen molar-refractivity contribution >= 4 is 11.7 Å². The van der Waals surface area contributed by atoms with E-state index in [-0.39, 0.29) is 6.10 Å². The lowest BCUT2D eigenvalue weighted by Crippen LogP contribution is -2.07. The first-order valence-electron chi connectivity index (χ1n) is 7.01. The molecule has 0 amide bonds. The van der Waals surface area contributed by atoms with Crippen molar-refractivity contribution in [2.24, 2.45) is 0 Å². The average Bonchev–Trinajstić information content (AvgIpc) is 2.93. The van der Waals surface area contributed by atoms with E-state index in [1.54, 1.807) is 0 Å². The maximum absolute atomic E-state index is 12.2. The highest BCUT2D eigenvalue weighted by Gasteiger charge is 2.36. The Morgan fingerprint density at radius 3 is 2.23 bits per heavy atom. The molecule has 110 valence electrons. The molecule has 3 rings (SSSR count). The maximum Gasteiger partial charge on any atom is 0.342 e. The Morgan fingerprint density at radius 1 is 1.05 bits per heavy atom. The highest BCUT2D eigenvalue weighted by atomic mass is 16.5. The summed E-state index contributed by atoms with van der Waals surface area (Å²) < 4.78 is 11.0. The zero-order chi connectivity index (χ0) is 15.5. The van der Waals surface area contributed by atoms with Crippen LogP contribution in [-0.4, -0.2) is 13.1 Å². The van der Waals surface area contributed by atoms with Gasteiger partial charge in [-0.3, -0.25) is 0 Å². The van der Waals surface area contributed by atoms with Crippen molar-refractivity contribution in [3.8, 4) is 0 Å². The van der Waals surface area contributed by atoms with Crippen LogP contribution in [0.2, 0.25) is 0 Å². The van der Waals surface area contributed by atoms with Crippen LogP contribution in [-0.2, 0) is 14.3 Å². The van der Waals surface area contributed by atoms with Crippen LogP contribution in [0.1, 0.15) is 17.2 Å². The lowest BCUT2D eigenvalue weighted by molar-refractivity contribution is -0.135. The van der Waals surface area contributed by atoms with E-state index in [1.165, 1.54) is 7.11 Å². The predicted octanol–water partition coefficient (Wildman–Crippen LogP) is 3.90. The third-order valence-electron chi connectivity index (χ3n) is 3.63. The van der Waals surface area contributed by atoms with E-state index < -0.39 is 5.97 Å². The standard InChI is InChI=1S/C19H16O3/c1-13-16(19(20)21-2)18(15-11-7-4-8-12-15)22-17(13)14-9-5-3-6-10-14/h3-12,17H,1H2,2H3/t17-/m1/s1. The SMILES string of the molecule is C=C1C(C(=O)OC)=C(c2ccccc2)O[C@H]1c1ccccc1. The fourth-order valence-electron chi connectivity index (χ4n) is 2.55. The van der Waals surface area contributed by atoms with Gasteiger partial charge in [-0.05, 0) is 5.56 Å². The van der Waals surface area contributed by atoms with Crippen LogP contribution in [0.4, 0.5) is 0 Å². The van der Waals surface area contributed by atoms with Crippen molar-refractivity contribution in [1.29, 1.82) is 0 Å². The maximum atomic E-state index is 12.2. The number of methoxy groups -OCH3 is 1. The normalized spacial score (nSPS) is 17.3. The molecule has 2 aromatic rings. The summed E-state index contributed by atoms with van der Waals surface area (Å²) in [6.45, 7) is 4.05. The van der Waals surface area contributed by atoms with Crippen LogP contribution in [0, 0.1) is 0 Å². The van der Waals surface area contributed by atoms with Gasteiger partial charge in [0.05, 0.1) is 7.11 Å². The molecule has 2 aromatic carbocycles. The number of rotatable bonds is 3. The van der Waals surface area contributed by atoms with Crippen LogP contribution in [0.5, 0.6) is 0 Å². The van der Waals surface area contributed by atoms with E-state index in [1.807, 2.05) is 60.7 Å². The van der Waals surface area contributed by atoms with Gasteiger partial charge in [0.2, 0.25) is 0 Å². The molecule has 0 N–H and O–H groups in total. The van der Waals surface area contributed by atoms with E-state index in [0.29, 0.717) is 16.9 Å². The largest absolute Gasteiger partial charge is 0.479 e. The molecule has 0 saturated heterocycles. The molecule has 0 saturated carbocycles. The van der Waals surface area contributed by atoms with Crippen LogP contribution in [0.3, 0.4) is 0 Å². The smallest absolute Gasteiger partial charge is 0.342 e. The lowest BCUT2D eigenvalue weighted by atomic mass is 9.97. The van der Waals surface area contributed by atoms with Gasteiger partial charge >= 0.3 is 5.97 Å². The first kappa shape index (κ1) is 14.1. The molecule has 1 heterocycles. The summed E-state index contributed by atoms with van der Waals surface area (Å²) >= 11 is 0. The van der Waals surface area contributed by atoms with Crippen LogP contribution in [0.25, 0.3) is 5.76 Å². The van der Waals surface area contributed by atoms with Gasteiger partial charge in [0.1, 0.15) is 17.4 Å². The summed E-state index contributed by atoms with van der Waals surface area (Å²) in [5, 5.41) is 0. The number of ether oxygens (including phenoxy) is 2. The molecule has 0 aromatic heterocycles. The highest BCUT2D eigenvalue weighted by molar-refractivity contribution is 6.02. The summed E-state index contributed by atoms with van der Waals surface area (Å²) in [6, 6.07) is 19.2. The molecule has 0 fully saturated rings. The Hall–Kier alpha value is -2.81. The number of carbonyl (C=O) groups is 1. The van der Waals surface area contributed by atoms with E-state index in [0.717, 1.165) is 11.1 Å². The highest BCUT2D eigenvalue weighted by Crippen LogP contribution is 2.44. The summed E-state index contributed by atoms with van der Waals surface area (Å²) in [5.41, 5.74) is 2.82. The van der Waals surface area contributed by atoms with Gasteiger partial charge in [-0.2, -0.15) is 0 Å². The molecule has 3 heteroatoms. The molecular weight excluding hydrogens is 276 g/mol. The second-order valence-electron chi connectivity index (χ2n) is 5.00. The Balaban J connectivity index is 2.06. The predicted molar refractivity (Wildman–Crippen MR) is 84.8 cm³/mol. The van der Waals surface area contributed by atoms with Crippen LogP contribution in [0.15, 0.2) is 78.4 Å². The second-order valence-corrected chi connectivity index (χ2v) is 5.00. The van der Waals surface area contributed by atoms with Crippen molar-refractivity contribution in [2.45, 2.75) is 6.10 Å². The van der Waals surface area contributed by atoms with Crippen molar-refractivity contribution in [3.05, 3.63) is 89.5 Å². The molecule has 1 aliphatic rings. The lowest BCUT2D eigenvalue weighted by Gasteiger charge is -2.14. The van der Waals surface area contributed by atoms with Gasteiger partial charge in [0.25, 0.3) is 0 Å². The summed E-state index contributed by atoms with van der Waals surface area (Å²) in [5.74, 6) is 0.0913. The number of hydrogen-bond donors (Lipinski definition) is 0. The summed E-state index contributed by atoms with van der Waals surface area (Å²) in [4.78, 5) is 12.2. The Bertz CT molecular complexity index is 730. The van der Waals surface area contributed by atoms with Crippen molar-refractivity contribution in [1.82, 2.24) is 0 Å². The summed E-state index contributed by atoms with van der Waals surface area (Å²) in [6.07, 6.45) is -0.370. The Kier molecular flexibility index (Phi) is 3.79. The molecule has 3 nitrogen and oxygen atoms in total. The van der Waals surface area contributed by atoms with Gasteiger partial charge in [-0.1, -0.05) is 67.2 Å². The third-order valence-corrected chi connectivity index (χ3v) is 3.63. The van der Waals surface area contributed by atoms with Crippen molar-refractivity contribution < 1.29 is 14.3 Å². The molecular formula is C19H16O3. The molecule has 1 aliphatic heterocycles. The van der Waals surface area contributed by atoms with Gasteiger partial charge in [0, 0.05) is 11.1 Å². The molecule has 0 bridgehead atoms. The zero-order valence-electron chi connectivity index (χ0n) is 12.3. The Morgan fingerprint density at radius 2 is 1.64 bits per heavy atom. The number of carbonyl (C=O) groups excluding carboxylic acids is 1. The van der Waals surface area contributed by atoms with Crippen molar-refractivity contribution in [2.75, 3.05) is 7.11 Å². The first-order valence-corrected chi connectivity index (χ1v) is 7.01. The number of hydrogen-bond acceptors (Lipinski definition) is 3. The quantitative estimate of drug-likeness (QED) is 0.805. The molecule has 22 heavy (non-hydrogen) atoms. The summed E-state index contributed by atoms with van der Waals surface area (Å²) in [7, 11) is 1.36. The van der Waals surface area contributed by atoms with Gasteiger partial charge in [-0.25, -0.2) is 4.79 Å². The van der Waals surface area contributed by atoms with Crippen LogP contribution >= 0.6 is 0 Å². The van der Waals surface area contributed by atoms with E-state index in [9.17, 15) is 4.79 Å². The third kappa shape index (κ3) is 2.42. The fourth-order valence-corrected chi connectivity index (χ4v) is 2.55. The number of benzene rings is 2. The minimum atomic E-state index is -0.428. The van der Waals surface area contributed by atoms with E-state index in [2.05, 4.69) is 6.58 Å². The monoisotopic (exact) mass is 292 g/mol. The van der Waals surface area contributed by atoms with E-state index in [4.69, 9.17) is 9.47 Å². The second kappa shape index (κ2) is 5.90. The first-order chi connectivity index (χ1) is 10.7. The van der Waals surface area contributed by atoms with Gasteiger partial charge in [-0.15, -0.1) is 0 Å². The topological polar surface area (TPSA) is 35.5 Å². The van der Waals surface area contributed by atoms with E-state index >= 15 is 0 Å². The molecule has 1 atom stereocenters. The molecule has 0 aliphatic carbocycles. The van der Waals surface area contributed by atoms with Gasteiger partial charge < -0.3 is 9.47 Å². The minimum absolute atomic E-state index is 0.370. The minimum Gasteiger partial charge on any atom is -0.479 e. The van der Waals surface area contributed by atoms with Crippen molar-refractivity contribution in [3.63, 3.8) is 0 Å². The molecule has 0 unspecified atom stereocenters. The number of esters is 1. The van der Waals surface area contributed by atoms with Crippen LogP contribution < -0.4 is 0 Å². The molecule has 0 radical (unpaired) electrons. The zero-order valence-corrected chi connectivity index (χ0v) is 12.3. The Labute approximate surface area is 129 Å². The molecule has 0 spiro atoms. The fraction of sp³-hybridized carbons (Fsp3) is 0.105. The van der Waals surface area contributed by atoms with Gasteiger partial charge in [0.15, 0.2) is 0 Å². The average molecular weight is 292 g/mol.